The van der Waals surface area contributed by atoms with Gasteiger partial charge in [0.25, 0.3) is 0 Å². The summed E-state index contributed by atoms with van der Waals surface area (Å²) < 4.78 is 5.33. The van der Waals surface area contributed by atoms with Crippen LogP contribution in [0.3, 0.4) is 0 Å². The molecular weight excluding hydrogens is 268 g/mol. The maximum Gasteiger partial charge on any atom is 0.225 e. The Morgan fingerprint density at radius 1 is 1.10 bits per heavy atom. The summed E-state index contributed by atoms with van der Waals surface area (Å²) in [6.07, 6.45) is 7.08. The van der Waals surface area contributed by atoms with E-state index in [1.807, 2.05) is 6.07 Å². The van der Waals surface area contributed by atoms with Gasteiger partial charge >= 0.3 is 0 Å². The number of aromatic nitrogens is 5. The average molecular weight is 282 g/mol. The van der Waals surface area contributed by atoms with Crippen molar-refractivity contribution in [3.63, 3.8) is 0 Å². The predicted molar refractivity (Wildman–Crippen MR) is 77.9 cm³/mol. The van der Waals surface area contributed by atoms with Crippen molar-refractivity contribution in [3.8, 4) is 11.4 Å². The minimum atomic E-state index is 0.724. The number of hydrogen-bond acceptors (Lipinski definition) is 6. The molecule has 21 heavy (non-hydrogen) atoms. The Labute approximate surface area is 121 Å². The van der Waals surface area contributed by atoms with Gasteiger partial charge in [0, 0.05) is 31.7 Å². The summed E-state index contributed by atoms with van der Waals surface area (Å²) in [5.74, 6) is 1.49. The van der Waals surface area contributed by atoms with Crippen LogP contribution < -0.4 is 4.90 Å². The minimum Gasteiger partial charge on any atom is -0.378 e. The molecule has 1 aliphatic rings. The first-order chi connectivity index (χ1) is 10.4. The lowest BCUT2D eigenvalue weighted by Gasteiger charge is -2.26. The number of nitrogens with zero attached hydrogens (tertiary/aromatic N) is 5. The molecule has 0 radical (unpaired) electrons. The minimum absolute atomic E-state index is 0.724. The number of pyridine rings is 1. The number of imidazole rings is 1. The van der Waals surface area contributed by atoms with Gasteiger partial charge in [0.1, 0.15) is 5.82 Å². The zero-order chi connectivity index (χ0) is 14.1. The highest BCUT2D eigenvalue weighted by Crippen LogP contribution is 2.19. The molecule has 0 aromatic carbocycles. The zero-order valence-corrected chi connectivity index (χ0v) is 11.4. The van der Waals surface area contributed by atoms with Crippen LogP contribution in [0.15, 0.2) is 30.9 Å². The number of hydrogen-bond donors (Lipinski definition) is 1. The molecule has 3 aromatic heterocycles. The average Bonchev–Trinajstić information content (AvgIpc) is 3.00. The molecule has 4 heterocycles. The number of nitrogens with one attached hydrogen (secondary N) is 1. The molecule has 3 aromatic rings. The second-order valence-corrected chi connectivity index (χ2v) is 4.85. The van der Waals surface area contributed by atoms with E-state index >= 15 is 0 Å². The first kappa shape index (κ1) is 12.2. The van der Waals surface area contributed by atoms with Crippen molar-refractivity contribution >= 4 is 17.0 Å². The van der Waals surface area contributed by atoms with Gasteiger partial charge in [-0.2, -0.15) is 0 Å². The van der Waals surface area contributed by atoms with Crippen LogP contribution in [-0.2, 0) is 4.74 Å². The highest BCUT2D eigenvalue weighted by molar-refractivity contribution is 5.77. The van der Waals surface area contributed by atoms with Crippen molar-refractivity contribution in [2.24, 2.45) is 0 Å². The van der Waals surface area contributed by atoms with Crippen LogP contribution >= 0.6 is 0 Å². The fraction of sp³-hybridized carbons (Fsp3) is 0.286. The SMILES string of the molecule is c1cc2nc(-c3cnc(N4CCOCC4)nc3)[nH]c2cn1. The Hall–Kier alpha value is -2.54. The summed E-state index contributed by atoms with van der Waals surface area (Å²) in [6.45, 7) is 3.11. The molecule has 106 valence electrons. The predicted octanol–water partition coefficient (Wildman–Crippen LogP) is 1.25. The van der Waals surface area contributed by atoms with Gasteiger partial charge in [0.2, 0.25) is 5.95 Å². The fourth-order valence-corrected chi connectivity index (χ4v) is 2.36. The third kappa shape index (κ3) is 2.31. The molecular formula is C14H14N6O. The van der Waals surface area contributed by atoms with Crippen molar-refractivity contribution in [1.82, 2.24) is 24.9 Å². The molecule has 0 aliphatic carbocycles. The molecule has 0 saturated carbocycles. The van der Waals surface area contributed by atoms with Crippen LogP contribution in [0, 0.1) is 0 Å². The summed E-state index contributed by atoms with van der Waals surface area (Å²) in [6, 6.07) is 1.87. The van der Waals surface area contributed by atoms with E-state index < -0.39 is 0 Å². The van der Waals surface area contributed by atoms with E-state index in [2.05, 4.69) is 29.8 Å². The zero-order valence-electron chi connectivity index (χ0n) is 11.4. The molecule has 1 fully saturated rings. The Morgan fingerprint density at radius 3 is 2.67 bits per heavy atom. The van der Waals surface area contributed by atoms with E-state index in [9.17, 15) is 0 Å². The maximum absolute atomic E-state index is 5.33. The van der Waals surface area contributed by atoms with Gasteiger partial charge < -0.3 is 14.6 Å². The highest BCUT2D eigenvalue weighted by atomic mass is 16.5. The Balaban J connectivity index is 1.63. The fourth-order valence-electron chi connectivity index (χ4n) is 2.36. The van der Waals surface area contributed by atoms with Crippen molar-refractivity contribution < 1.29 is 4.74 Å². The lowest BCUT2D eigenvalue weighted by molar-refractivity contribution is 0.122. The second-order valence-electron chi connectivity index (χ2n) is 4.85. The summed E-state index contributed by atoms with van der Waals surface area (Å²) in [7, 11) is 0. The smallest absolute Gasteiger partial charge is 0.225 e. The van der Waals surface area contributed by atoms with Gasteiger partial charge in [-0.15, -0.1) is 0 Å². The van der Waals surface area contributed by atoms with Gasteiger partial charge in [-0.3, -0.25) is 4.98 Å². The summed E-state index contributed by atoms with van der Waals surface area (Å²) in [5.41, 5.74) is 2.66. The second kappa shape index (κ2) is 5.10. The molecule has 4 rings (SSSR count). The molecule has 7 heteroatoms. The van der Waals surface area contributed by atoms with Crippen molar-refractivity contribution in [2.75, 3.05) is 31.2 Å². The van der Waals surface area contributed by atoms with Crippen LogP contribution in [0.25, 0.3) is 22.4 Å². The van der Waals surface area contributed by atoms with E-state index in [0.717, 1.165) is 54.7 Å². The topological polar surface area (TPSA) is 79.8 Å². The van der Waals surface area contributed by atoms with Gasteiger partial charge in [-0.25, -0.2) is 15.0 Å². The van der Waals surface area contributed by atoms with E-state index in [4.69, 9.17) is 4.74 Å². The van der Waals surface area contributed by atoms with Gasteiger partial charge in [0.05, 0.1) is 36.0 Å². The molecule has 1 N–H and O–H groups in total. The molecule has 1 aliphatic heterocycles. The van der Waals surface area contributed by atoms with Gasteiger partial charge in [0.15, 0.2) is 0 Å². The molecule has 0 bridgehead atoms. The van der Waals surface area contributed by atoms with Crippen LogP contribution in [0.4, 0.5) is 5.95 Å². The standard InChI is InChI=1S/C14H14N6O/c1-2-15-9-12-11(1)18-13(19-12)10-7-16-14(17-8-10)20-3-5-21-6-4-20/h1-2,7-9H,3-6H2,(H,18,19). The van der Waals surface area contributed by atoms with Gasteiger partial charge in [-0.1, -0.05) is 0 Å². The van der Waals surface area contributed by atoms with Crippen LogP contribution in [0.1, 0.15) is 0 Å². The lowest BCUT2D eigenvalue weighted by Crippen LogP contribution is -2.37. The van der Waals surface area contributed by atoms with E-state index in [-0.39, 0.29) is 0 Å². The first-order valence-electron chi connectivity index (χ1n) is 6.85. The Kier molecular flexibility index (Phi) is 2.97. The van der Waals surface area contributed by atoms with E-state index in [1.165, 1.54) is 0 Å². The Morgan fingerprint density at radius 2 is 1.90 bits per heavy atom. The molecule has 0 atom stereocenters. The van der Waals surface area contributed by atoms with Crippen LogP contribution in [0.5, 0.6) is 0 Å². The van der Waals surface area contributed by atoms with Crippen LogP contribution in [-0.4, -0.2) is 51.2 Å². The molecule has 1 saturated heterocycles. The third-order valence-electron chi connectivity index (χ3n) is 3.49. The quantitative estimate of drug-likeness (QED) is 0.762. The Bertz CT molecular complexity index is 715. The summed E-state index contributed by atoms with van der Waals surface area (Å²) in [5, 5.41) is 0. The number of rotatable bonds is 2. The summed E-state index contributed by atoms with van der Waals surface area (Å²) in [4.78, 5) is 22.8. The third-order valence-corrected chi connectivity index (χ3v) is 3.49. The van der Waals surface area contributed by atoms with Crippen molar-refractivity contribution in [2.45, 2.75) is 0 Å². The normalized spacial score (nSPS) is 15.5. The summed E-state index contributed by atoms with van der Waals surface area (Å²) >= 11 is 0. The highest BCUT2D eigenvalue weighted by Gasteiger charge is 2.14. The number of anilines is 1. The number of aromatic amines is 1. The monoisotopic (exact) mass is 282 g/mol. The van der Waals surface area contributed by atoms with E-state index in [1.54, 1.807) is 24.8 Å². The largest absolute Gasteiger partial charge is 0.378 e. The number of morpholine rings is 1. The molecule has 7 nitrogen and oxygen atoms in total. The number of H-pyrrole nitrogens is 1. The van der Waals surface area contributed by atoms with Gasteiger partial charge in [-0.05, 0) is 6.07 Å². The first-order valence-corrected chi connectivity index (χ1v) is 6.85. The van der Waals surface area contributed by atoms with Crippen LogP contribution in [0.2, 0.25) is 0 Å². The lowest BCUT2D eigenvalue weighted by atomic mass is 10.3. The van der Waals surface area contributed by atoms with Crippen molar-refractivity contribution in [3.05, 3.63) is 30.9 Å². The van der Waals surface area contributed by atoms with Crippen molar-refractivity contribution in [1.29, 1.82) is 0 Å². The number of ether oxygens (including phenoxy) is 1. The molecule has 0 spiro atoms. The maximum atomic E-state index is 5.33. The molecule has 0 amide bonds. The molecule has 0 unspecified atom stereocenters. The number of fused-ring (bicyclic) bond motifs is 1. The van der Waals surface area contributed by atoms with E-state index in [0.29, 0.717) is 0 Å².